The van der Waals surface area contributed by atoms with Gasteiger partial charge in [-0.05, 0) is 24.6 Å². The van der Waals surface area contributed by atoms with Crippen molar-refractivity contribution >= 4 is 11.9 Å². The molecule has 29 heavy (non-hydrogen) atoms. The van der Waals surface area contributed by atoms with Crippen molar-refractivity contribution in [1.29, 1.82) is 0 Å². The van der Waals surface area contributed by atoms with E-state index in [-0.39, 0.29) is 12.5 Å². The van der Waals surface area contributed by atoms with Gasteiger partial charge in [-0.25, -0.2) is 0 Å². The molecule has 0 radical (unpaired) electrons. The minimum Gasteiger partial charge on any atom is -0.497 e. The van der Waals surface area contributed by atoms with Crippen LogP contribution in [0.25, 0.3) is 0 Å². The van der Waals surface area contributed by atoms with Crippen LogP contribution in [0.5, 0.6) is 5.75 Å². The SMILES string of the molecule is CCO[C@@H]1C(COCc2ccc(OC)cc2)O[C@@H](O)C(NC(C)=O)[C@H]1OC(C)=O. The molecule has 1 aromatic rings. The van der Waals surface area contributed by atoms with Crippen molar-refractivity contribution < 1.29 is 38.4 Å². The number of nitrogens with one attached hydrogen (secondary N) is 1. The second kappa shape index (κ2) is 11.1. The van der Waals surface area contributed by atoms with E-state index in [1.165, 1.54) is 13.8 Å². The van der Waals surface area contributed by atoms with Gasteiger partial charge < -0.3 is 34.1 Å². The Bertz CT molecular complexity index is 665. The smallest absolute Gasteiger partial charge is 0.303 e. The van der Waals surface area contributed by atoms with E-state index in [1.54, 1.807) is 14.0 Å². The van der Waals surface area contributed by atoms with Gasteiger partial charge in [-0.15, -0.1) is 0 Å². The lowest BCUT2D eigenvalue weighted by molar-refractivity contribution is -0.269. The van der Waals surface area contributed by atoms with Crippen molar-refractivity contribution in [3.63, 3.8) is 0 Å². The number of hydrogen-bond donors (Lipinski definition) is 2. The molecule has 9 nitrogen and oxygen atoms in total. The van der Waals surface area contributed by atoms with Crippen LogP contribution in [0, 0.1) is 0 Å². The fourth-order valence-corrected chi connectivity index (χ4v) is 3.18. The third-order valence-electron chi connectivity index (χ3n) is 4.41. The highest BCUT2D eigenvalue weighted by Gasteiger charge is 2.48. The number of amides is 1. The number of esters is 1. The Kier molecular flexibility index (Phi) is 8.84. The molecule has 1 aliphatic heterocycles. The molecular weight excluding hydrogens is 382 g/mol. The summed E-state index contributed by atoms with van der Waals surface area (Å²) in [6, 6.07) is 6.47. The molecule has 0 aliphatic carbocycles. The third kappa shape index (κ3) is 6.67. The van der Waals surface area contributed by atoms with Gasteiger partial charge in [0.15, 0.2) is 12.4 Å². The monoisotopic (exact) mass is 411 g/mol. The minimum absolute atomic E-state index is 0.0955. The Morgan fingerprint density at radius 3 is 2.41 bits per heavy atom. The number of rotatable bonds is 9. The van der Waals surface area contributed by atoms with Crippen molar-refractivity contribution in [3.8, 4) is 5.75 Å². The van der Waals surface area contributed by atoms with E-state index in [9.17, 15) is 14.7 Å². The van der Waals surface area contributed by atoms with Gasteiger partial charge in [-0.1, -0.05) is 12.1 Å². The standard InChI is InChI=1S/C20H29NO8/c1-5-27-18-16(11-26-10-14-6-8-15(25-4)9-7-14)29-20(24)17(21-12(2)22)19(18)28-13(3)23/h6-9,16-20,24H,5,10-11H2,1-4H3,(H,21,22)/t16?,17?,18-,19-,20-/m1/s1. The van der Waals surface area contributed by atoms with E-state index < -0.39 is 36.6 Å². The normalized spacial score (nSPS) is 26.6. The largest absolute Gasteiger partial charge is 0.497 e. The first kappa shape index (κ1) is 23.1. The summed E-state index contributed by atoms with van der Waals surface area (Å²) in [5.74, 6) is -0.196. The van der Waals surface area contributed by atoms with E-state index in [2.05, 4.69) is 5.32 Å². The molecule has 1 fully saturated rings. The van der Waals surface area contributed by atoms with Crippen LogP contribution in [0.4, 0.5) is 0 Å². The molecular formula is C20H29NO8. The van der Waals surface area contributed by atoms with Gasteiger partial charge in [0.05, 0.1) is 20.3 Å². The zero-order chi connectivity index (χ0) is 21.4. The zero-order valence-corrected chi connectivity index (χ0v) is 17.1. The minimum atomic E-state index is -1.38. The first-order valence-electron chi connectivity index (χ1n) is 9.45. The lowest BCUT2D eigenvalue weighted by atomic mass is 9.96. The van der Waals surface area contributed by atoms with Gasteiger partial charge in [-0.3, -0.25) is 9.59 Å². The summed E-state index contributed by atoms with van der Waals surface area (Å²) in [5.41, 5.74) is 0.933. The van der Waals surface area contributed by atoms with Gasteiger partial charge in [0.1, 0.15) is 24.0 Å². The molecule has 162 valence electrons. The Balaban J connectivity index is 2.07. The van der Waals surface area contributed by atoms with Crippen molar-refractivity contribution in [2.45, 2.75) is 58.0 Å². The number of ether oxygens (including phenoxy) is 5. The van der Waals surface area contributed by atoms with E-state index in [0.717, 1.165) is 11.3 Å². The molecule has 1 saturated heterocycles. The summed E-state index contributed by atoms with van der Waals surface area (Å²) in [6.45, 7) is 5.08. The second-order valence-electron chi connectivity index (χ2n) is 6.65. The molecule has 0 spiro atoms. The van der Waals surface area contributed by atoms with Gasteiger partial charge in [-0.2, -0.15) is 0 Å². The average Bonchev–Trinajstić information content (AvgIpc) is 2.67. The molecule has 1 amide bonds. The van der Waals surface area contributed by atoms with Crippen LogP contribution in [0.2, 0.25) is 0 Å². The number of methoxy groups -OCH3 is 1. The Hall–Kier alpha value is -2.20. The Morgan fingerprint density at radius 1 is 1.17 bits per heavy atom. The van der Waals surface area contributed by atoms with Crippen molar-refractivity contribution in [2.24, 2.45) is 0 Å². The number of aliphatic hydroxyl groups is 1. The summed E-state index contributed by atoms with van der Waals surface area (Å²) in [5, 5.41) is 12.9. The van der Waals surface area contributed by atoms with Crippen LogP contribution in [0.1, 0.15) is 26.3 Å². The first-order valence-corrected chi connectivity index (χ1v) is 9.45. The first-order chi connectivity index (χ1) is 13.8. The van der Waals surface area contributed by atoms with Crippen LogP contribution < -0.4 is 10.1 Å². The van der Waals surface area contributed by atoms with E-state index in [1.807, 2.05) is 24.3 Å². The summed E-state index contributed by atoms with van der Waals surface area (Å²) in [4.78, 5) is 23.1. The van der Waals surface area contributed by atoms with Crippen LogP contribution in [0.15, 0.2) is 24.3 Å². The fourth-order valence-electron chi connectivity index (χ4n) is 3.18. The molecule has 5 atom stereocenters. The van der Waals surface area contributed by atoms with Gasteiger partial charge in [0.25, 0.3) is 0 Å². The maximum atomic E-state index is 11.6. The van der Waals surface area contributed by atoms with Crippen molar-refractivity contribution in [2.75, 3.05) is 20.3 Å². The Labute approximate surface area is 170 Å². The lowest BCUT2D eigenvalue weighted by Gasteiger charge is -2.44. The maximum absolute atomic E-state index is 11.6. The number of benzene rings is 1. The van der Waals surface area contributed by atoms with Crippen LogP contribution in [-0.4, -0.2) is 68.0 Å². The number of hydrogen-bond acceptors (Lipinski definition) is 8. The molecule has 2 unspecified atom stereocenters. The molecule has 1 aliphatic rings. The topological polar surface area (TPSA) is 113 Å². The van der Waals surface area contributed by atoms with Gasteiger partial charge in [0.2, 0.25) is 5.91 Å². The van der Waals surface area contributed by atoms with E-state index in [0.29, 0.717) is 13.2 Å². The highest BCUT2D eigenvalue weighted by Crippen LogP contribution is 2.26. The van der Waals surface area contributed by atoms with Crippen LogP contribution in [-0.2, 0) is 35.1 Å². The summed E-state index contributed by atoms with van der Waals surface area (Å²) in [6.07, 6.45) is -3.72. The van der Waals surface area contributed by atoms with Crippen LogP contribution in [0.3, 0.4) is 0 Å². The molecule has 0 aromatic heterocycles. The number of carbonyl (C=O) groups is 2. The van der Waals surface area contributed by atoms with E-state index in [4.69, 9.17) is 23.7 Å². The van der Waals surface area contributed by atoms with E-state index >= 15 is 0 Å². The molecule has 0 saturated carbocycles. The Morgan fingerprint density at radius 2 is 1.86 bits per heavy atom. The summed E-state index contributed by atoms with van der Waals surface area (Å²) < 4.78 is 27.6. The molecule has 1 heterocycles. The molecule has 2 N–H and O–H groups in total. The van der Waals surface area contributed by atoms with Crippen LogP contribution >= 0.6 is 0 Å². The van der Waals surface area contributed by atoms with Crippen molar-refractivity contribution in [3.05, 3.63) is 29.8 Å². The quantitative estimate of drug-likeness (QED) is 0.573. The molecule has 9 heteroatoms. The van der Waals surface area contributed by atoms with Gasteiger partial charge >= 0.3 is 5.97 Å². The lowest BCUT2D eigenvalue weighted by Crippen LogP contribution is -2.65. The van der Waals surface area contributed by atoms with Crippen molar-refractivity contribution in [1.82, 2.24) is 5.32 Å². The average molecular weight is 411 g/mol. The summed E-state index contributed by atoms with van der Waals surface area (Å²) in [7, 11) is 1.60. The predicted molar refractivity (Wildman–Crippen MR) is 102 cm³/mol. The molecule has 1 aromatic carbocycles. The third-order valence-corrected chi connectivity index (χ3v) is 4.41. The number of carbonyl (C=O) groups excluding carboxylic acids is 2. The maximum Gasteiger partial charge on any atom is 0.303 e. The highest BCUT2D eigenvalue weighted by molar-refractivity contribution is 5.73. The predicted octanol–water partition coefficient (Wildman–Crippen LogP) is 0.771. The molecule has 2 rings (SSSR count). The molecule has 0 bridgehead atoms. The zero-order valence-electron chi connectivity index (χ0n) is 17.1. The summed E-state index contributed by atoms with van der Waals surface area (Å²) >= 11 is 0. The number of aliphatic hydroxyl groups excluding tert-OH is 1. The van der Waals surface area contributed by atoms with Gasteiger partial charge in [0, 0.05) is 20.5 Å². The fraction of sp³-hybridized carbons (Fsp3) is 0.600. The highest BCUT2D eigenvalue weighted by atomic mass is 16.7. The second-order valence-corrected chi connectivity index (χ2v) is 6.65.